The molecule has 3 saturated heterocycles. The highest BCUT2D eigenvalue weighted by Gasteiger charge is 2.63. The number of aromatic nitrogens is 1. The van der Waals surface area contributed by atoms with Crippen molar-refractivity contribution in [1.29, 1.82) is 0 Å². The smallest absolute Gasteiger partial charge is 0.224 e. The van der Waals surface area contributed by atoms with Crippen molar-refractivity contribution in [3.05, 3.63) is 46.3 Å². The maximum atomic E-state index is 12.3. The van der Waals surface area contributed by atoms with Crippen molar-refractivity contribution in [3.8, 4) is 0 Å². The molecule has 2 bridgehead atoms. The number of rotatable bonds is 5. The molecule has 1 spiro atoms. The van der Waals surface area contributed by atoms with Crippen molar-refractivity contribution >= 4 is 23.1 Å². The number of amides is 1. The number of fused-ring (bicyclic) bond motifs is 1. The zero-order chi connectivity index (χ0) is 18.4. The maximum Gasteiger partial charge on any atom is 0.224 e. The maximum absolute atomic E-state index is 12.3. The summed E-state index contributed by atoms with van der Waals surface area (Å²) in [6.45, 7) is 4.73. The SMILES string of the molecule is Cc1cccnc1N1C[C@@H]2[C@H](CNC(=O)Cc3ccsc3)[C@H]3CC[C@]2(C1)O3. The lowest BCUT2D eigenvalue weighted by Crippen LogP contribution is -2.42. The van der Waals surface area contributed by atoms with Crippen LogP contribution in [0.25, 0.3) is 0 Å². The van der Waals surface area contributed by atoms with Gasteiger partial charge >= 0.3 is 0 Å². The standard InChI is InChI=1S/C21H25N3O2S/c1-14-3-2-7-22-20(14)24-11-17-16(18-4-6-21(17,13-24)26-18)10-23-19(25)9-15-5-8-27-12-15/h2-3,5,7-8,12,16-18H,4,6,9-11,13H2,1H3,(H,23,25)/t16-,17+,18+,21+/m0/s1. The number of nitrogens with one attached hydrogen (secondary N) is 1. The minimum Gasteiger partial charge on any atom is -0.369 e. The second kappa shape index (κ2) is 6.60. The number of aryl methyl sites for hydroxylation is 1. The molecular weight excluding hydrogens is 358 g/mol. The second-order valence-corrected chi connectivity index (χ2v) is 8.95. The topological polar surface area (TPSA) is 54.5 Å². The van der Waals surface area contributed by atoms with Crippen molar-refractivity contribution in [1.82, 2.24) is 10.3 Å². The van der Waals surface area contributed by atoms with Crippen LogP contribution in [-0.4, -0.2) is 42.2 Å². The molecule has 0 unspecified atom stereocenters. The summed E-state index contributed by atoms with van der Waals surface area (Å²) in [5, 5.41) is 7.23. The van der Waals surface area contributed by atoms with E-state index in [2.05, 4.69) is 28.2 Å². The van der Waals surface area contributed by atoms with Gasteiger partial charge in [0.05, 0.1) is 18.1 Å². The van der Waals surface area contributed by atoms with E-state index in [4.69, 9.17) is 4.74 Å². The first-order valence-corrected chi connectivity index (χ1v) is 10.7. The highest BCUT2D eigenvalue weighted by molar-refractivity contribution is 7.08. The van der Waals surface area contributed by atoms with Crippen LogP contribution in [-0.2, 0) is 16.0 Å². The lowest BCUT2D eigenvalue weighted by Gasteiger charge is -2.29. The fraction of sp³-hybridized carbons (Fsp3) is 0.524. The molecule has 6 heteroatoms. The quantitative estimate of drug-likeness (QED) is 0.863. The largest absolute Gasteiger partial charge is 0.369 e. The average molecular weight is 384 g/mol. The normalized spacial score (nSPS) is 31.3. The molecule has 3 fully saturated rings. The molecule has 27 heavy (non-hydrogen) atoms. The summed E-state index contributed by atoms with van der Waals surface area (Å²) in [4.78, 5) is 19.3. The van der Waals surface area contributed by atoms with Crippen LogP contribution in [0.15, 0.2) is 35.2 Å². The van der Waals surface area contributed by atoms with Gasteiger partial charge in [0.25, 0.3) is 0 Å². The van der Waals surface area contributed by atoms with Gasteiger partial charge in [-0.3, -0.25) is 4.79 Å². The third-order valence-corrected chi connectivity index (χ3v) is 7.28. The van der Waals surface area contributed by atoms with Gasteiger partial charge in [0.1, 0.15) is 5.82 Å². The van der Waals surface area contributed by atoms with Crippen molar-refractivity contribution in [3.63, 3.8) is 0 Å². The van der Waals surface area contributed by atoms with Gasteiger partial charge < -0.3 is 15.0 Å². The van der Waals surface area contributed by atoms with Crippen molar-refractivity contribution in [2.24, 2.45) is 11.8 Å². The summed E-state index contributed by atoms with van der Waals surface area (Å²) in [5.74, 6) is 2.06. The van der Waals surface area contributed by atoms with Gasteiger partial charge in [-0.25, -0.2) is 4.98 Å². The van der Waals surface area contributed by atoms with E-state index in [1.165, 1.54) is 5.56 Å². The molecule has 2 aromatic heterocycles. The van der Waals surface area contributed by atoms with E-state index in [1.807, 2.05) is 29.1 Å². The first-order valence-electron chi connectivity index (χ1n) is 9.77. The summed E-state index contributed by atoms with van der Waals surface area (Å²) in [5.41, 5.74) is 2.26. The van der Waals surface area contributed by atoms with Crippen LogP contribution in [0, 0.1) is 18.8 Å². The van der Waals surface area contributed by atoms with Crippen molar-refractivity contribution in [2.75, 3.05) is 24.5 Å². The second-order valence-electron chi connectivity index (χ2n) is 8.17. The summed E-state index contributed by atoms with van der Waals surface area (Å²) in [6.07, 6.45) is 4.87. The Morgan fingerprint density at radius 3 is 3.22 bits per heavy atom. The summed E-state index contributed by atoms with van der Waals surface area (Å²) >= 11 is 1.63. The van der Waals surface area contributed by atoms with Gasteiger partial charge in [-0.1, -0.05) is 6.07 Å². The molecule has 5 nitrogen and oxygen atoms in total. The molecule has 0 aliphatic carbocycles. The van der Waals surface area contributed by atoms with E-state index in [0.29, 0.717) is 24.4 Å². The van der Waals surface area contributed by atoms with E-state index in [1.54, 1.807) is 11.3 Å². The predicted molar refractivity (Wildman–Crippen MR) is 106 cm³/mol. The Morgan fingerprint density at radius 1 is 1.48 bits per heavy atom. The summed E-state index contributed by atoms with van der Waals surface area (Å²) in [7, 11) is 0. The van der Waals surface area contributed by atoms with Crippen LogP contribution in [0.2, 0.25) is 0 Å². The molecule has 4 atom stereocenters. The number of thiophene rings is 1. The number of nitrogens with zero attached hydrogens (tertiary/aromatic N) is 2. The Hall–Kier alpha value is -1.92. The zero-order valence-electron chi connectivity index (χ0n) is 15.6. The monoisotopic (exact) mass is 383 g/mol. The average Bonchev–Trinajstić information content (AvgIpc) is 3.41. The Bertz CT molecular complexity index is 840. The van der Waals surface area contributed by atoms with Crippen LogP contribution in [0.4, 0.5) is 5.82 Å². The van der Waals surface area contributed by atoms with Gasteiger partial charge in [-0.15, -0.1) is 0 Å². The number of pyridine rings is 1. The van der Waals surface area contributed by atoms with E-state index in [0.717, 1.165) is 43.9 Å². The number of hydrogen-bond donors (Lipinski definition) is 1. The zero-order valence-corrected chi connectivity index (χ0v) is 16.4. The fourth-order valence-corrected chi connectivity index (χ4v) is 5.97. The first-order chi connectivity index (χ1) is 13.1. The minimum absolute atomic E-state index is 0.0443. The molecule has 0 saturated carbocycles. The molecule has 5 rings (SSSR count). The Labute approximate surface area is 163 Å². The number of anilines is 1. The Balaban J connectivity index is 1.27. The van der Waals surface area contributed by atoms with Crippen LogP contribution < -0.4 is 10.2 Å². The van der Waals surface area contributed by atoms with Gasteiger partial charge in [0, 0.05) is 37.7 Å². The number of carbonyl (C=O) groups excluding carboxylic acids is 1. The van der Waals surface area contributed by atoms with E-state index < -0.39 is 0 Å². The molecule has 1 N–H and O–H groups in total. The van der Waals surface area contributed by atoms with Crippen LogP contribution in [0.5, 0.6) is 0 Å². The highest BCUT2D eigenvalue weighted by atomic mass is 32.1. The van der Waals surface area contributed by atoms with Crippen LogP contribution in [0.3, 0.4) is 0 Å². The number of carbonyl (C=O) groups is 1. The van der Waals surface area contributed by atoms with E-state index in [9.17, 15) is 4.79 Å². The van der Waals surface area contributed by atoms with Gasteiger partial charge in [-0.2, -0.15) is 11.3 Å². The number of ether oxygens (including phenoxy) is 1. The van der Waals surface area contributed by atoms with E-state index >= 15 is 0 Å². The lowest BCUT2D eigenvalue weighted by molar-refractivity contribution is -0.120. The van der Waals surface area contributed by atoms with Gasteiger partial charge in [0.2, 0.25) is 5.91 Å². The Kier molecular flexibility index (Phi) is 4.20. The number of hydrogen-bond acceptors (Lipinski definition) is 5. The molecule has 3 aliphatic heterocycles. The Morgan fingerprint density at radius 2 is 2.41 bits per heavy atom. The van der Waals surface area contributed by atoms with E-state index in [-0.39, 0.29) is 11.5 Å². The van der Waals surface area contributed by atoms with Crippen LogP contribution in [0.1, 0.15) is 24.0 Å². The van der Waals surface area contributed by atoms with Gasteiger partial charge in [0.15, 0.2) is 0 Å². The lowest BCUT2D eigenvalue weighted by atomic mass is 9.73. The predicted octanol–water partition coefficient (Wildman–Crippen LogP) is 2.79. The van der Waals surface area contributed by atoms with Crippen LogP contribution >= 0.6 is 11.3 Å². The first kappa shape index (κ1) is 17.2. The molecule has 2 aromatic rings. The third kappa shape index (κ3) is 2.95. The third-order valence-electron chi connectivity index (χ3n) is 6.54. The molecule has 1 amide bonds. The highest BCUT2D eigenvalue weighted by Crippen LogP contribution is 2.55. The fourth-order valence-electron chi connectivity index (χ4n) is 5.31. The molecule has 5 heterocycles. The molecule has 3 aliphatic rings. The minimum atomic E-state index is -0.0443. The van der Waals surface area contributed by atoms with Crippen molar-refractivity contribution in [2.45, 2.75) is 37.9 Å². The summed E-state index contributed by atoms with van der Waals surface area (Å²) in [6, 6.07) is 6.13. The van der Waals surface area contributed by atoms with Gasteiger partial charge in [-0.05, 0) is 53.8 Å². The molecule has 142 valence electrons. The molecular formula is C21H25N3O2S. The molecule has 0 aromatic carbocycles. The van der Waals surface area contributed by atoms with Crippen molar-refractivity contribution < 1.29 is 9.53 Å². The molecule has 0 radical (unpaired) electrons. The summed E-state index contributed by atoms with van der Waals surface area (Å²) < 4.78 is 6.51.